The van der Waals surface area contributed by atoms with Crippen molar-refractivity contribution in [3.8, 4) is 0 Å². The van der Waals surface area contributed by atoms with E-state index in [-0.39, 0.29) is 0 Å². The van der Waals surface area contributed by atoms with Crippen LogP contribution >= 0.6 is 0 Å². The largest absolute Gasteiger partial charge is 0.317 e. The Morgan fingerprint density at radius 1 is 1.31 bits per heavy atom. The van der Waals surface area contributed by atoms with Crippen LogP contribution in [-0.2, 0) is 0 Å². The second kappa shape index (κ2) is 9.10. The molecule has 0 spiro atoms. The standard InChI is InChI=1S/C8H8O.C4H9N.C2H6/c1-7-3-2-4-8(5-7)6-9;1-5-4-2-3-4;1-2/h2-6H,1H3;4-5H,2-3H2,1H3;1-2H3. The Balaban J connectivity index is 0.000000272. The predicted octanol–water partition coefficient (Wildman–Crippen LogP) is 3.20. The van der Waals surface area contributed by atoms with Crippen LogP contribution in [0.5, 0.6) is 0 Å². The lowest BCUT2D eigenvalue weighted by Crippen LogP contribution is -2.06. The molecule has 1 aliphatic carbocycles. The summed E-state index contributed by atoms with van der Waals surface area (Å²) in [4.78, 5) is 10.2. The lowest BCUT2D eigenvalue weighted by molar-refractivity contribution is 0.112. The lowest BCUT2D eigenvalue weighted by atomic mass is 10.2. The van der Waals surface area contributed by atoms with Gasteiger partial charge in [0.25, 0.3) is 0 Å². The number of benzene rings is 1. The Hall–Kier alpha value is -1.15. The number of aldehydes is 1. The van der Waals surface area contributed by atoms with Gasteiger partial charge in [-0.3, -0.25) is 4.79 Å². The van der Waals surface area contributed by atoms with Gasteiger partial charge >= 0.3 is 0 Å². The molecule has 0 heterocycles. The van der Waals surface area contributed by atoms with Gasteiger partial charge in [-0.2, -0.15) is 0 Å². The molecule has 0 amide bonds. The van der Waals surface area contributed by atoms with Gasteiger partial charge < -0.3 is 5.32 Å². The SMILES string of the molecule is CC.CNC1CC1.Cc1cccc(C=O)c1. The minimum atomic E-state index is 0.745. The summed E-state index contributed by atoms with van der Waals surface area (Å²) in [5.41, 5.74) is 1.87. The Labute approximate surface area is 99.1 Å². The van der Waals surface area contributed by atoms with Crippen LogP contribution in [0.2, 0.25) is 0 Å². The highest BCUT2D eigenvalue weighted by Gasteiger charge is 2.17. The van der Waals surface area contributed by atoms with Crippen LogP contribution in [0.1, 0.15) is 42.6 Å². The molecular weight excluding hydrogens is 198 g/mol. The molecule has 1 N–H and O–H groups in total. The third kappa shape index (κ3) is 7.18. The van der Waals surface area contributed by atoms with Crippen molar-refractivity contribution >= 4 is 6.29 Å². The van der Waals surface area contributed by atoms with Gasteiger partial charge in [0.05, 0.1) is 0 Å². The maximum absolute atomic E-state index is 10.2. The van der Waals surface area contributed by atoms with Crippen molar-refractivity contribution in [3.05, 3.63) is 35.4 Å². The van der Waals surface area contributed by atoms with Gasteiger partial charge in [-0.25, -0.2) is 0 Å². The summed E-state index contributed by atoms with van der Waals surface area (Å²) in [5, 5.41) is 3.14. The minimum Gasteiger partial charge on any atom is -0.317 e. The maximum Gasteiger partial charge on any atom is 0.150 e. The molecule has 2 nitrogen and oxygen atoms in total. The third-order valence-corrected chi connectivity index (χ3v) is 2.16. The summed E-state index contributed by atoms with van der Waals surface area (Å²) < 4.78 is 0. The smallest absolute Gasteiger partial charge is 0.150 e. The molecule has 1 fully saturated rings. The second-order valence-electron chi connectivity index (χ2n) is 3.59. The summed E-state index contributed by atoms with van der Waals surface area (Å²) in [6, 6.07) is 8.37. The molecule has 0 bridgehead atoms. The third-order valence-electron chi connectivity index (χ3n) is 2.16. The van der Waals surface area contributed by atoms with Gasteiger partial charge in [-0.05, 0) is 32.9 Å². The first-order chi connectivity index (χ1) is 7.76. The maximum atomic E-state index is 10.2. The van der Waals surface area contributed by atoms with E-state index in [0.717, 1.165) is 23.5 Å². The number of aryl methyl sites for hydroxylation is 1. The lowest BCUT2D eigenvalue weighted by Gasteiger charge is -1.89. The first kappa shape index (κ1) is 14.8. The Morgan fingerprint density at radius 3 is 2.19 bits per heavy atom. The summed E-state index contributed by atoms with van der Waals surface area (Å²) >= 11 is 0. The molecule has 1 aliphatic rings. The molecule has 1 aromatic carbocycles. The average molecular weight is 221 g/mol. The minimum absolute atomic E-state index is 0.745. The summed E-state index contributed by atoms with van der Waals surface area (Å²) in [6.45, 7) is 5.97. The van der Waals surface area contributed by atoms with Crippen molar-refractivity contribution in [3.63, 3.8) is 0 Å². The van der Waals surface area contributed by atoms with Crippen molar-refractivity contribution in [1.82, 2.24) is 5.32 Å². The number of carbonyl (C=O) groups is 1. The molecule has 0 saturated heterocycles. The fourth-order valence-corrected chi connectivity index (χ4v) is 1.12. The number of nitrogens with one attached hydrogen (secondary N) is 1. The summed E-state index contributed by atoms with van der Waals surface area (Å²) in [5.74, 6) is 0. The van der Waals surface area contributed by atoms with E-state index in [9.17, 15) is 4.79 Å². The molecule has 1 aromatic rings. The highest BCUT2D eigenvalue weighted by atomic mass is 16.1. The first-order valence-corrected chi connectivity index (χ1v) is 5.95. The van der Waals surface area contributed by atoms with E-state index in [1.165, 1.54) is 12.8 Å². The number of hydrogen-bond donors (Lipinski definition) is 1. The van der Waals surface area contributed by atoms with E-state index in [2.05, 4.69) is 5.32 Å². The number of carbonyl (C=O) groups excluding carboxylic acids is 1. The monoisotopic (exact) mass is 221 g/mol. The van der Waals surface area contributed by atoms with Crippen molar-refractivity contribution in [2.24, 2.45) is 0 Å². The molecular formula is C14H23NO. The van der Waals surface area contributed by atoms with Crippen molar-refractivity contribution < 1.29 is 4.79 Å². The Morgan fingerprint density at radius 2 is 1.94 bits per heavy atom. The van der Waals surface area contributed by atoms with Crippen LogP contribution in [0.25, 0.3) is 0 Å². The normalized spacial score (nSPS) is 12.8. The van der Waals surface area contributed by atoms with E-state index >= 15 is 0 Å². The van der Waals surface area contributed by atoms with Gasteiger partial charge in [-0.1, -0.05) is 37.6 Å². The van der Waals surface area contributed by atoms with Gasteiger partial charge in [0.15, 0.2) is 0 Å². The molecule has 1 saturated carbocycles. The van der Waals surface area contributed by atoms with Gasteiger partial charge in [-0.15, -0.1) is 0 Å². The highest BCUT2D eigenvalue weighted by Crippen LogP contribution is 2.16. The van der Waals surface area contributed by atoms with Crippen LogP contribution in [0.4, 0.5) is 0 Å². The zero-order chi connectivity index (χ0) is 12.4. The van der Waals surface area contributed by atoms with Gasteiger partial charge in [0, 0.05) is 11.6 Å². The highest BCUT2D eigenvalue weighted by molar-refractivity contribution is 5.74. The molecule has 0 atom stereocenters. The topological polar surface area (TPSA) is 29.1 Å². The van der Waals surface area contributed by atoms with Gasteiger partial charge in [0.2, 0.25) is 0 Å². The fraction of sp³-hybridized carbons (Fsp3) is 0.500. The zero-order valence-electron chi connectivity index (χ0n) is 10.8. The van der Waals surface area contributed by atoms with E-state index in [1.807, 2.05) is 46.0 Å². The van der Waals surface area contributed by atoms with Gasteiger partial charge in [0.1, 0.15) is 6.29 Å². The number of hydrogen-bond acceptors (Lipinski definition) is 2. The summed E-state index contributed by atoms with van der Waals surface area (Å²) in [7, 11) is 2.01. The Bertz CT molecular complexity index is 293. The van der Waals surface area contributed by atoms with Crippen LogP contribution in [0.3, 0.4) is 0 Å². The summed E-state index contributed by atoms with van der Waals surface area (Å²) in [6.07, 6.45) is 3.65. The molecule has 16 heavy (non-hydrogen) atoms. The van der Waals surface area contributed by atoms with Crippen LogP contribution in [0.15, 0.2) is 24.3 Å². The van der Waals surface area contributed by atoms with Crippen LogP contribution < -0.4 is 5.32 Å². The van der Waals surface area contributed by atoms with E-state index in [4.69, 9.17) is 0 Å². The van der Waals surface area contributed by atoms with Crippen molar-refractivity contribution in [2.75, 3.05) is 7.05 Å². The van der Waals surface area contributed by atoms with E-state index < -0.39 is 0 Å². The van der Waals surface area contributed by atoms with Crippen molar-refractivity contribution in [1.29, 1.82) is 0 Å². The fourth-order valence-electron chi connectivity index (χ4n) is 1.12. The number of rotatable bonds is 2. The van der Waals surface area contributed by atoms with Crippen molar-refractivity contribution in [2.45, 2.75) is 39.7 Å². The average Bonchev–Trinajstić information content (AvgIpc) is 3.16. The van der Waals surface area contributed by atoms with E-state index in [1.54, 1.807) is 6.07 Å². The van der Waals surface area contributed by atoms with Crippen LogP contribution in [0, 0.1) is 6.92 Å². The van der Waals surface area contributed by atoms with E-state index in [0.29, 0.717) is 0 Å². The molecule has 0 unspecified atom stereocenters. The molecule has 0 aromatic heterocycles. The zero-order valence-corrected chi connectivity index (χ0v) is 10.8. The molecule has 2 rings (SSSR count). The molecule has 0 radical (unpaired) electrons. The van der Waals surface area contributed by atoms with Crippen LogP contribution in [-0.4, -0.2) is 19.4 Å². The molecule has 0 aliphatic heterocycles. The Kier molecular flexibility index (Phi) is 8.45. The molecule has 90 valence electrons. The quantitative estimate of drug-likeness (QED) is 0.777. The second-order valence-corrected chi connectivity index (χ2v) is 3.59. The molecule has 2 heteroatoms. The predicted molar refractivity (Wildman–Crippen MR) is 70.0 cm³/mol. The first-order valence-electron chi connectivity index (χ1n) is 5.95.